The maximum atomic E-state index is 5.81. The van der Waals surface area contributed by atoms with Gasteiger partial charge < -0.3 is 14.4 Å². The molecule has 1 aliphatic rings. The number of aromatic nitrogens is 5. The first-order chi connectivity index (χ1) is 13.0. The smallest absolute Gasteiger partial charge is 0.214 e. The second-order valence-electron chi connectivity index (χ2n) is 6.83. The molecule has 2 atom stereocenters. The summed E-state index contributed by atoms with van der Waals surface area (Å²) in [5, 5.41) is 8.39. The zero-order valence-corrected chi connectivity index (χ0v) is 17.5. The second kappa shape index (κ2) is 7.55. The number of pyridine rings is 1. The molecule has 3 aromatic heterocycles. The molecule has 1 aliphatic heterocycles. The predicted octanol–water partition coefficient (Wildman–Crippen LogP) is 3.19. The monoisotopic (exact) mass is 480 g/mol. The molecule has 9 heteroatoms. The van der Waals surface area contributed by atoms with Gasteiger partial charge in [-0.3, -0.25) is 5.10 Å². The highest BCUT2D eigenvalue weighted by molar-refractivity contribution is 14.1. The molecule has 1 saturated heterocycles. The number of H-pyrrole nitrogens is 1. The number of alkyl halides is 1. The lowest BCUT2D eigenvalue weighted by Crippen LogP contribution is -2.44. The van der Waals surface area contributed by atoms with Crippen molar-refractivity contribution in [1.82, 2.24) is 25.1 Å². The van der Waals surface area contributed by atoms with Gasteiger partial charge in [0.1, 0.15) is 21.9 Å². The summed E-state index contributed by atoms with van der Waals surface area (Å²) in [6.45, 7) is 7.61. The minimum Gasteiger partial charge on any atom is -0.475 e. The number of anilines is 1. The fraction of sp³-hybridized carbons (Fsp3) is 0.444. The lowest BCUT2D eigenvalue weighted by atomic mass is 10.2. The van der Waals surface area contributed by atoms with Crippen molar-refractivity contribution in [2.45, 2.75) is 37.1 Å². The second-order valence-corrected chi connectivity index (χ2v) is 8.22. The van der Waals surface area contributed by atoms with E-state index in [9.17, 15) is 0 Å². The molecule has 4 rings (SSSR count). The van der Waals surface area contributed by atoms with Gasteiger partial charge in [0.25, 0.3) is 0 Å². The normalized spacial score (nSPS) is 20.4. The first-order valence-corrected chi connectivity index (χ1v) is 10.1. The Morgan fingerprint density at radius 3 is 2.89 bits per heavy atom. The van der Waals surface area contributed by atoms with Crippen LogP contribution in [-0.2, 0) is 4.74 Å². The molecular weight excluding hydrogens is 459 g/mol. The zero-order chi connectivity index (χ0) is 19.0. The lowest BCUT2D eigenvalue weighted by Gasteiger charge is -2.35. The van der Waals surface area contributed by atoms with Gasteiger partial charge in [-0.05, 0) is 43.4 Å². The Labute approximate surface area is 170 Å². The molecule has 0 bridgehead atoms. The van der Waals surface area contributed by atoms with Crippen LogP contribution in [0.5, 0.6) is 5.88 Å². The first kappa shape index (κ1) is 18.4. The van der Waals surface area contributed by atoms with E-state index in [1.54, 1.807) is 12.5 Å². The summed E-state index contributed by atoms with van der Waals surface area (Å²) >= 11 is 2.31. The third-order valence-electron chi connectivity index (χ3n) is 4.22. The number of morpholine rings is 1. The number of hydrogen-bond acceptors (Lipinski definition) is 7. The van der Waals surface area contributed by atoms with Crippen LogP contribution in [0.2, 0.25) is 0 Å². The van der Waals surface area contributed by atoms with E-state index in [1.165, 1.54) is 0 Å². The molecule has 0 radical (unpaired) electrons. The summed E-state index contributed by atoms with van der Waals surface area (Å²) in [4.78, 5) is 15.4. The largest absolute Gasteiger partial charge is 0.475 e. The van der Waals surface area contributed by atoms with Gasteiger partial charge in [0.15, 0.2) is 0 Å². The third kappa shape index (κ3) is 3.98. The van der Waals surface area contributed by atoms with Crippen LogP contribution in [0.25, 0.3) is 22.3 Å². The highest BCUT2D eigenvalue weighted by Gasteiger charge is 2.25. The van der Waals surface area contributed by atoms with Crippen molar-refractivity contribution in [1.29, 1.82) is 0 Å². The number of rotatable bonds is 4. The molecule has 4 heterocycles. The van der Waals surface area contributed by atoms with E-state index in [0.29, 0.717) is 5.88 Å². The van der Waals surface area contributed by atoms with Crippen LogP contribution in [0, 0.1) is 0 Å². The number of ether oxygens (including phenoxy) is 2. The quantitative estimate of drug-likeness (QED) is 0.453. The van der Waals surface area contributed by atoms with Crippen molar-refractivity contribution in [2.24, 2.45) is 0 Å². The molecule has 0 spiro atoms. The van der Waals surface area contributed by atoms with Gasteiger partial charge in [0.2, 0.25) is 5.88 Å². The van der Waals surface area contributed by atoms with Crippen LogP contribution in [0.3, 0.4) is 0 Å². The minimum atomic E-state index is 0.0560. The molecule has 0 aliphatic carbocycles. The molecule has 3 aromatic rings. The standard InChI is InChI=1S/C18H21IN6O2/c1-10(2)26-17-4-12-14(6-20-17)23-24-18(12)13-5-16(22-9-21-13)25-7-11(3)27-15(19)8-25/h4-6,9-11,15H,7-8H2,1-3H3,(H,23,24)/t11-,15?/m0/s1. The minimum absolute atomic E-state index is 0.0560. The van der Waals surface area contributed by atoms with Crippen molar-refractivity contribution in [3.05, 3.63) is 24.7 Å². The Morgan fingerprint density at radius 1 is 1.26 bits per heavy atom. The van der Waals surface area contributed by atoms with Crippen LogP contribution in [-0.4, -0.2) is 54.6 Å². The Bertz CT molecular complexity index is 937. The van der Waals surface area contributed by atoms with Crippen molar-refractivity contribution < 1.29 is 9.47 Å². The van der Waals surface area contributed by atoms with Crippen LogP contribution in [0.4, 0.5) is 5.82 Å². The number of nitrogens with one attached hydrogen (secondary N) is 1. The molecule has 1 unspecified atom stereocenters. The van der Waals surface area contributed by atoms with Crippen LogP contribution >= 0.6 is 22.6 Å². The SMILES string of the molecule is CC(C)Oc1cc2c(-c3cc(N4CC(I)O[C@@H](C)C4)ncn3)n[nH]c2cn1. The summed E-state index contributed by atoms with van der Waals surface area (Å²) in [5.74, 6) is 1.45. The van der Waals surface area contributed by atoms with Gasteiger partial charge in [-0.1, -0.05) is 0 Å². The van der Waals surface area contributed by atoms with Gasteiger partial charge in [-0.15, -0.1) is 0 Å². The molecule has 1 N–H and O–H groups in total. The van der Waals surface area contributed by atoms with Crippen molar-refractivity contribution in [3.63, 3.8) is 0 Å². The number of fused-ring (bicyclic) bond motifs is 1. The molecule has 0 aromatic carbocycles. The van der Waals surface area contributed by atoms with E-state index in [4.69, 9.17) is 9.47 Å². The first-order valence-electron chi connectivity index (χ1n) is 8.87. The Hall–Kier alpha value is -2.01. The average Bonchev–Trinajstić information content (AvgIpc) is 3.04. The lowest BCUT2D eigenvalue weighted by molar-refractivity contribution is 0.0414. The van der Waals surface area contributed by atoms with E-state index in [0.717, 1.165) is 41.2 Å². The Morgan fingerprint density at radius 2 is 2.11 bits per heavy atom. The molecule has 8 nitrogen and oxygen atoms in total. The van der Waals surface area contributed by atoms with Gasteiger partial charge in [0.05, 0.1) is 36.2 Å². The number of halogens is 1. The molecule has 142 valence electrons. The number of hydrogen-bond donors (Lipinski definition) is 1. The Balaban J connectivity index is 1.69. The van der Waals surface area contributed by atoms with Crippen LogP contribution in [0.15, 0.2) is 24.7 Å². The highest BCUT2D eigenvalue weighted by Crippen LogP contribution is 2.29. The molecule has 0 amide bonds. The summed E-state index contributed by atoms with van der Waals surface area (Å²) in [7, 11) is 0. The van der Waals surface area contributed by atoms with Crippen molar-refractivity contribution >= 4 is 39.3 Å². The Kier molecular flexibility index (Phi) is 5.13. The summed E-state index contributed by atoms with van der Waals surface area (Å²) in [6, 6.07) is 3.87. The molecule has 27 heavy (non-hydrogen) atoms. The maximum absolute atomic E-state index is 5.81. The van der Waals surface area contributed by atoms with E-state index >= 15 is 0 Å². The molecule has 0 saturated carbocycles. The topological polar surface area (TPSA) is 89.0 Å². The number of nitrogens with zero attached hydrogens (tertiary/aromatic N) is 5. The zero-order valence-electron chi connectivity index (χ0n) is 15.4. The summed E-state index contributed by atoms with van der Waals surface area (Å²) in [5.41, 5.74) is 2.36. The molecule has 1 fully saturated rings. The summed E-state index contributed by atoms with van der Waals surface area (Å²) < 4.78 is 11.7. The molecular formula is C18H21IN6O2. The fourth-order valence-electron chi connectivity index (χ4n) is 3.13. The maximum Gasteiger partial charge on any atom is 0.214 e. The van der Waals surface area contributed by atoms with Gasteiger partial charge >= 0.3 is 0 Å². The highest BCUT2D eigenvalue weighted by atomic mass is 127. The summed E-state index contributed by atoms with van der Waals surface area (Å²) in [6.07, 6.45) is 3.53. The number of aromatic amines is 1. The van der Waals surface area contributed by atoms with Crippen molar-refractivity contribution in [3.8, 4) is 17.3 Å². The average molecular weight is 480 g/mol. The van der Waals surface area contributed by atoms with Crippen LogP contribution < -0.4 is 9.64 Å². The van der Waals surface area contributed by atoms with Gasteiger partial charge in [0, 0.05) is 24.1 Å². The van der Waals surface area contributed by atoms with Gasteiger partial charge in [-0.2, -0.15) is 5.10 Å². The van der Waals surface area contributed by atoms with E-state index in [2.05, 4.69) is 59.6 Å². The van der Waals surface area contributed by atoms with Crippen LogP contribution in [0.1, 0.15) is 20.8 Å². The van der Waals surface area contributed by atoms with Gasteiger partial charge in [-0.25, -0.2) is 15.0 Å². The van der Waals surface area contributed by atoms with E-state index in [1.807, 2.05) is 26.0 Å². The van der Waals surface area contributed by atoms with Crippen molar-refractivity contribution in [2.75, 3.05) is 18.0 Å². The predicted molar refractivity (Wildman–Crippen MR) is 111 cm³/mol. The van der Waals surface area contributed by atoms with E-state index in [-0.39, 0.29) is 16.3 Å². The van der Waals surface area contributed by atoms with E-state index < -0.39 is 0 Å². The third-order valence-corrected chi connectivity index (χ3v) is 4.91. The fourth-order valence-corrected chi connectivity index (χ4v) is 4.11.